The summed E-state index contributed by atoms with van der Waals surface area (Å²) in [7, 11) is 0. The number of nitrogen functional groups attached to an aromatic ring is 1. The van der Waals surface area contributed by atoms with Gasteiger partial charge in [0.15, 0.2) is 5.69 Å². The first-order valence-corrected chi connectivity index (χ1v) is 5.31. The maximum absolute atomic E-state index is 11.7. The van der Waals surface area contributed by atoms with Gasteiger partial charge in [-0.15, -0.1) is 0 Å². The molecule has 5 nitrogen and oxygen atoms in total. The number of nitrogens with two attached hydrogens (primary N) is 1. The number of anilines is 1. The Morgan fingerprint density at radius 3 is 2.71 bits per heavy atom. The van der Waals surface area contributed by atoms with Gasteiger partial charge in [-0.3, -0.25) is 0 Å². The Labute approximate surface area is 98.8 Å². The van der Waals surface area contributed by atoms with Crippen LogP contribution in [0, 0.1) is 0 Å². The number of para-hydroxylation sites is 1. The van der Waals surface area contributed by atoms with Crippen molar-refractivity contribution < 1.29 is 9.53 Å². The minimum absolute atomic E-state index is 0.216. The van der Waals surface area contributed by atoms with Gasteiger partial charge in [-0.2, -0.15) is 5.10 Å². The van der Waals surface area contributed by atoms with E-state index in [0.717, 1.165) is 0 Å². The molecule has 17 heavy (non-hydrogen) atoms. The van der Waals surface area contributed by atoms with Crippen LogP contribution in [0.15, 0.2) is 36.4 Å². The fourth-order valence-corrected chi connectivity index (χ4v) is 1.43. The van der Waals surface area contributed by atoms with Crippen LogP contribution in [-0.2, 0) is 6.54 Å². The molecule has 2 aromatic rings. The van der Waals surface area contributed by atoms with Crippen LogP contribution in [0.5, 0.6) is 5.75 Å². The average Bonchev–Trinajstić information content (AvgIpc) is 2.72. The van der Waals surface area contributed by atoms with Gasteiger partial charge < -0.3 is 10.5 Å². The average molecular weight is 231 g/mol. The van der Waals surface area contributed by atoms with E-state index >= 15 is 0 Å². The molecule has 1 heterocycles. The second-order valence-corrected chi connectivity index (χ2v) is 3.47. The normalized spacial score (nSPS) is 10.2. The van der Waals surface area contributed by atoms with E-state index in [9.17, 15) is 4.79 Å². The number of benzene rings is 1. The van der Waals surface area contributed by atoms with E-state index in [4.69, 9.17) is 10.5 Å². The standard InChI is InChI=1S/C12H13N3O2/c1-2-15-11(13)8-10(14-15)12(16)17-9-6-4-3-5-7-9/h3-8H,2,13H2,1H3. The third-order valence-electron chi connectivity index (χ3n) is 2.27. The number of aryl methyl sites for hydroxylation is 1. The maximum atomic E-state index is 11.7. The minimum Gasteiger partial charge on any atom is -0.422 e. The van der Waals surface area contributed by atoms with Gasteiger partial charge in [0.1, 0.15) is 11.6 Å². The Bertz CT molecular complexity index is 520. The molecule has 0 saturated carbocycles. The van der Waals surface area contributed by atoms with Gasteiger partial charge in [-0.1, -0.05) is 18.2 Å². The number of ether oxygens (including phenoxy) is 1. The smallest absolute Gasteiger partial charge is 0.364 e. The molecule has 0 aliphatic rings. The number of nitrogens with zero attached hydrogens (tertiary/aromatic N) is 2. The lowest BCUT2D eigenvalue weighted by Gasteiger charge is -2.00. The van der Waals surface area contributed by atoms with Crippen LogP contribution < -0.4 is 10.5 Å². The van der Waals surface area contributed by atoms with E-state index in [0.29, 0.717) is 18.1 Å². The Morgan fingerprint density at radius 2 is 2.12 bits per heavy atom. The lowest BCUT2D eigenvalue weighted by atomic mass is 10.3. The van der Waals surface area contributed by atoms with Gasteiger partial charge in [0.05, 0.1) is 0 Å². The van der Waals surface area contributed by atoms with Crippen LogP contribution in [0.1, 0.15) is 17.4 Å². The van der Waals surface area contributed by atoms with Crippen molar-refractivity contribution >= 4 is 11.8 Å². The highest BCUT2D eigenvalue weighted by Crippen LogP contribution is 2.12. The molecule has 5 heteroatoms. The molecule has 2 N–H and O–H groups in total. The van der Waals surface area contributed by atoms with Crippen LogP contribution in [0.4, 0.5) is 5.82 Å². The predicted molar refractivity (Wildman–Crippen MR) is 63.7 cm³/mol. The van der Waals surface area contributed by atoms with Gasteiger partial charge in [0, 0.05) is 12.6 Å². The summed E-state index contributed by atoms with van der Waals surface area (Å²) in [5.41, 5.74) is 5.89. The molecule has 0 atom stereocenters. The maximum Gasteiger partial charge on any atom is 0.364 e. The first-order chi connectivity index (χ1) is 8.20. The van der Waals surface area contributed by atoms with Crippen LogP contribution >= 0.6 is 0 Å². The predicted octanol–water partition coefficient (Wildman–Crippen LogP) is 1.70. The Balaban J connectivity index is 2.15. The topological polar surface area (TPSA) is 70.1 Å². The molecular weight excluding hydrogens is 218 g/mol. The number of carbonyl (C=O) groups excluding carboxylic acids is 1. The molecule has 1 aromatic heterocycles. The Hall–Kier alpha value is -2.30. The Morgan fingerprint density at radius 1 is 1.41 bits per heavy atom. The summed E-state index contributed by atoms with van der Waals surface area (Å²) in [5, 5.41) is 4.04. The third-order valence-corrected chi connectivity index (χ3v) is 2.27. The molecule has 0 radical (unpaired) electrons. The molecule has 0 fully saturated rings. The van der Waals surface area contributed by atoms with E-state index in [-0.39, 0.29) is 5.69 Å². The summed E-state index contributed by atoms with van der Waals surface area (Å²) < 4.78 is 6.69. The van der Waals surface area contributed by atoms with Crippen molar-refractivity contribution in [3.05, 3.63) is 42.1 Å². The molecule has 2 rings (SSSR count). The molecular formula is C12H13N3O2. The Kier molecular flexibility index (Phi) is 3.09. The highest BCUT2D eigenvalue weighted by molar-refractivity contribution is 5.89. The van der Waals surface area contributed by atoms with E-state index in [1.165, 1.54) is 6.07 Å². The summed E-state index contributed by atoms with van der Waals surface area (Å²) in [6, 6.07) is 10.4. The van der Waals surface area contributed by atoms with Gasteiger partial charge >= 0.3 is 5.97 Å². The van der Waals surface area contributed by atoms with Crippen molar-refractivity contribution in [2.45, 2.75) is 13.5 Å². The second kappa shape index (κ2) is 4.69. The molecule has 0 bridgehead atoms. The zero-order valence-corrected chi connectivity index (χ0v) is 9.46. The molecule has 0 aliphatic heterocycles. The number of carbonyl (C=O) groups is 1. The van der Waals surface area contributed by atoms with Crippen molar-refractivity contribution in [3.8, 4) is 5.75 Å². The lowest BCUT2D eigenvalue weighted by Crippen LogP contribution is -2.10. The first kappa shape index (κ1) is 11.2. The zero-order valence-electron chi connectivity index (χ0n) is 9.46. The molecule has 0 saturated heterocycles. The van der Waals surface area contributed by atoms with Crippen molar-refractivity contribution in [1.82, 2.24) is 9.78 Å². The number of aromatic nitrogens is 2. The van der Waals surface area contributed by atoms with E-state index in [1.54, 1.807) is 28.9 Å². The monoisotopic (exact) mass is 231 g/mol. The molecule has 0 spiro atoms. The largest absolute Gasteiger partial charge is 0.422 e. The molecule has 88 valence electrons. The van der Waals surface area contributed by atoms with E-state index in [1.807, 2.05) is 13.0 Å². The van der Waals surface area contributed by atoms with Gasteiger partial charge in [-0.25, -0.2) is 9.48 Å². The summed E-state index contributed by atoms with van der Waals surface area (Å²) in [5.74, 6) is 0.435. The summed E-state index contributed by atoms with van der Waals surface area (Å²) >= 11 is 0. The summed E-state index contributed by atoms with van der Waals surface area (Å²) in [6.07, 6.45) is 0. The highest BCUT2D eigenvalue weighted by Gasteiger charge is 2.14. The summed E-state index contributed by atoms with van der Waals surface area (Å²) in [4.78, 5) is 11.7. The number of hydrogen-bond acceptors (Lipinski definition) is 4. The number of hydrogen-bond donors (Lipinski definition) is 1. The van der Waals surface area contributed by atoms with Gasteiger partial charge in [0.2, 0.25) is 0 Å². The van der Waals surface area contributed by atoms with Gasteiger partial charge in [-0.05, 0) is 19.1 Å². The van der Waals surface area contributed by atoms with Crippen LogP contribution in [-0.4, -0.2) is 15.7 Å². The van der Waals surface area contributed by atoms with Crippen LogP contribution in [0.3, 0.4) is 0 Å². The zero-order chi connectivity index (χ0) is 12.3. The highest BCUT2D eigenvalue weighted by atomic mass is 16.5. The van der Waals surface area contributed by atoms with E-state index < -0.39 is 5.97 Å². The molecule has 1 aromatic carbocycles. The second-order valence-electron chi connectivity index (χ2n) is 3.47. The minimum atomic E-state index is -0.505. The fraction of sp³-hybridized carbons (Fsp3) is 0.167. The fourth-order valence-electron chi connectivity index (χ4n) is 1.43. The molecule has 0 aliphatic carbocycles. The number of esters is 1. The van der Waals surface area contributed by atoms with Crippen LogP contribution in [0.2, 0.25) is 0 Å². The number of rotatable bonds is 3. The quantitative estimate of drug-likeness (QED) is 0.644. The van der Waals surface area contributed by atoms with Crippen molar-refractivity contribution in [3.63, 3.8) is 0 Å². The first-order valence-electron chi connectivity index (χ1n) is 5.31. The van der Waals surface area contributed by atoms with Crippen LogP contribution in [0.25, 0.3) is 0 Å². The molecule has 0 amide bonds. The summed E-state index contributed by atoms with van der Waals surface area (Å²) in [6.45, 7) is 2.51. The molecule has 0 unspecified atom stereocenters. The van der Waals surface area contributed by atoms with E-state index in [2.05, 4.69) is 5.10 Å². The SMILES string of the molecule is CCn1nc(C(=O)Oc2ccccc2)cc1N. The van der Waals surface area contributed by atoms with Gasteiger partial charge in [0.25, 0.3) is 0 Å². The lowest BCUT2D eigenvalue weighted by molar-refractivity contribution is 0.0727. The van der Waals surface area contributed by atoms with Crippen molar-refractivity contribution in [2.24, 2.45) is 0 Å². The van der Waals surface area contributed by atoms with Crippen molar-refractivity contribution in [2.75, 3.05) is 5.73 Å². The van der Waals surface area contributed by atoms with Crippen molar-refractivity contribution in [1.29, 1.82) is 0 Å². The third kappa shape index (κ3) is 2.44.